The van der Waals surface area contributed by atoms with Crippen molar-refractivity contribution < 1.29 is 0 Å². The molecule has 7 rings (SSSR count). The van der Waals surface area contributed by atoms with E-state index < -0.39 is 0 Å². The van der Waals surface area contributed by atoms with Gasteiger partial charge in [0.25, 0.3) is 0 Å². The summed E-state index contributed by atoms with van der Waals surface area (Å²) in [6.07, 6.45) is 23.8. The molecule has 0 atom stereocenters. The molecular weight excluding hydrogens is 675 g/mol. The first-order valence-corrected chi connectivity index (χ1v) is 21.1. The van der Waals surface area contributed by atoms with E-state index in [0.29, 0.717) is 0 Å². The number of unbranched alkanes of at least 4 members (excludes halogenated alkanes) is 6. The highest BCUT2D eigenvalue weighted by molar-refractivity contribution is 6.73. The number of benzene rings is 6. The van der Waals surface area contributed by atoms with Crippen LogP contribution in [0.15, 0.2) is 127 Å². The van der Waals surface area contributed by atoms with Crippen molar-refractivity contribution in [1.29, 1.82) is 0 Å². The number of aryl methyl sites for hydroxylation is 3. The van der Waals surface area contributed by atoms with Crippen LogP contribution in [-0.4, -0.2) is 6.98 Å². The van der Waals surface area contributed by atoms with E-state index in [2.05, 4.69) is 189 Å². The normalized spacial score (nSPS) is 12.6. The van der Waals surface area contributed by atoms with Crippen LogP contribution in [0.5, 0.6) is 0 Å². The summed E-state index contributed by atoms with van der Waals surface area (Å²) in [7, 11) is 0. The molecule has 0 amide bonds. The van der Waals surface area contributed by atoms with Gasteiger partial charge in [-0.3, -0.25) is 0 Å². The van der Waals surface area contributed by atoms with E-state index in [1.54, 1.807) is 0 Å². The first-order valence-electron chi connectivity index (χ1n) is 21.1. The highest BCUT2D eigenvalue weighted by atomic mass is 15.0. The zero-order valence-corrected chi connectivity index (χ0v) is 33.7. The summed E-state index contributed by atoms with van der Waals surface area (Å²) < 4.78 is 0. The first kappa shape index (κ1) is 38.7. The second-order valence-corrected chi connectivity index (χ2v) is 15.5. The second kappa shape index (κ2) is 19.4. The molecule has 0 bridgehead atoms. The topological polar surface area (TPSA) is 24.1 Å². The van der Waals surface area contributed by atoms with Crippen LogP contribution in [0.3, 0.4) is 0 Å². The van der Waals surface area contributed by atoms with Gasteiger partial charge in [0.1, 0.15) is 0 Å². The van der Waals surface area contributed by atoms with Gasteiger partial charge < -0.3 is 10.5 Å². The highest BCUT2D eigenvalue weighted by Crippen LogP contribution is 2.34. The van der Waals surface area contributed by atoms with Crippen molar-refractivity contribution in [2.45, 2.75) is 85.0 Å². The molecule has 0 unspecified atom stereocenters. The lowest BCUT2D eigenvalue weighted by Gasteiger charge is -2.24. The van der Waals surface area contributed by atoms with Crippen molar-refractivity contribution in [2.75, 3.05) is 10.5 Å². The fourth-order valence-corrected chi connectivity index (χ4v) is 7.83. The first-order chi connectivity index (χ1) is 27.6. The van der Waals surface area contributed by atoms with Gasteiger partial charge in [-0.2, -0.15) is 0 Å². The fourth-order valence-electron chi connectivity index (χ4n) is 7.83. The molecule has 56 heavy (non-hydrogen) atoms. The van der Waals surface area contributed by atoms with Crippen molar-refractivity contribution in [2.24, 2.45) is 0 Å². The molecule has 2 N–H and O–H groups in total. The minimum atomic E-state index is 0.0319. The van der Waals surface area contributed by atoms with Crippen LogP contribution >= 0.6 is 0 Å². The van der Waals surface area contributed by atoms with Gasteiger partial charge in [-0.15, -0.1) is 0 Å². The molecule has 6 aromatic rings. The van der Waals surface area contributed by atoms with Gasteiger partial charge in [0.05, 0.1) is 0 Å². The van der Waals surface area contributed by atoms with Crippen LogP contribution in [0.25, 0.3) is 52.3 Å². The zero-order valence-electron chi connectivity index (χ0n) is 33.7. The third-order valence-corrected chi connectivity index (χ3v) is 11.2. The predicted molar refractivity (Wildman–Crippen MR) is 249 cm³/mol. The Hall–Kier alpha value is -5.54. The van der Waals surface area contributed by atoms with Crippen molar-refractivity contribution in [3.05, 3.63) is 172 Å². The van der Waals surface area contributed by atoms with E-state index in [0.717, 1.165) is 12.8 Å². The zero-order chi connectivity index (χ0) is 38.5. The third-order valence-electron chi connectivity index (χ3n) is 11.2. The minimum Gasteiger partial charge on any atom is -0.405 e. The van der Waals surface area contributed by atoms with Gasteiger partial charge in [0, 0.05) is 16.8 Å². The third kappa shape index (κ3) is 10.2. The fraction of sp³-hybridized carbons (Fsp3) is 0.245. The van der Waals surface area contributed by atoms with E-state index >= 15 is 0 Å². The summed E-state index contributed by atoms with van der Waals surface area (Å²) in [4.78, 5) is 0. The monoisotopic (exact) mass is 732 g/mol. The molecule has 0 radical (unpaired) electrons. The molecule has 0 spiro atoms. The number of hydrogen-bond donors (Lipinski definition) is 2. The largest absolute Gasteiger partial charge is 0.405 e. The van der Waals surface area contributed by atoms with E-state index in [-0.39, 0.29) is 6.98 Å². The molecule has 3 heteroatoms. The van der Waals surface area contributed by atoms with Gasteiger partial charge in [-0.25, -0.2) is 0 Å². The highest BCUT2D eigenvalue weighted by Gasteiger charge is 2.20. The molecule has 2 nitrogen and oxygen atoms in total. The molecule has 0 saturated heterocycles. The van der Waals surface area contributed by atoms with Crippen LogP contribution in [0.4, 0.5) is 11.4 Å². The van der Waals surface area contributed by atoms with Crippen LogP contribution in [0, 0.1) is 6.92 Å². The number of anilines is 2. The summed E-state index contributed by atoms with van der Waals surface area (Å²) in [6, 6.07) is 44.6. The molecule has 282 valence electrons. The maximum atomic E-state index is 3.65. The van der Waals surface area contributed by atoms with Gasteiger partial charge >= 0.3 is 6.98 Å². The molecule has 1 aliphatic rings. The molecule has 1 heterocycles. The lowest BCUT2D eigenvalue weighted by molar-refractivity contribution is 0.663. The van der Waals surface area contributed by atoms with Crippen molar-refractivity contribution in [3.63, 3.8) is 0 Å². The summed E-state index contributed by atoms with van der Waals surface area (Å²) in [6.45, 7) is 6.76. The molecule has 0 aromatic heterocycles. The molecule has 0 aliphatic carbocycles. The molecule has 0 saturated carbocycles. The van der Waals surface area contributed by atoms with Crippen LogP contribution in [0.2, 0.25) is 0 Å². The van der Waals surface area contributed by atoms with Crippen LogP contribution in [0.1, 0.15) is 110 Å². The summed E-state index contributed by atoms with van der Waals surface area (Å²) in [5, 5.41) is 9.80. The Balaban J connectivity index is 1.09. The van der Waals surface area contributed by atoms with Gasteiger partial charge in [0.15, 0.2) is 0 Å². The maximum Gasteiger partial charge on any atom is 0.398 e. The Labute approximate surface area is 336 Å². The smallest absolute Gasteiger partial charge is 0.398 e. The Morgan fingerprint density at radius 3 is 1.45 bits per heavy atom. The maximum absolute atomic E-state index is 3.65. The average molecular weight is 733 g/mol. The van der Waals surface area contributed by atoms with Crippen LogP contribution in [-0.2, 0) is 12.8 Å². The van der Waals surface area contributed by atoms with Crippen molar-refractivity contribution in [1.82, 2.24) is 0 Å². The lowest BCUT2D eigenvalue weighted by Crippen LogP contribution is -2.35. The minimum absolute atomic E-state index is 0.0319. The van der Waals surface area contributed by atoms with E-state index in [1.807, 2.05) is 0 Å². The molecular formula is C53H57BN2. The van der Waals surface area contributed by atoms with E-state index in [4.69, 9.17) is 0 Å². The average Bonchev–Trinajstić information content (AvgIpc) is 3.23. The lowest BCUT2D eigenvalue weighted by atomic mass is 9.73. The number of rotatable bonds is 17. The quantitative estimate of drug-likeness (QED) is 0.0554. The van der Waals surface area contributed by atoms with E-state index in [9.17, 15) is 0 Å². The second-order valence-electron chi connectivity index (χ2n) is 15.5. The number of hydrogen-bond acceptors (Lipinski definition) is 2. The van der Waals surface area contributed by atoms with Gasteiger partial charge in [-0.1, -0.05) is 203 Å². The molecule has 6 aromatic carbocycles. The molecule has 0 fully saturated rings. The summed E-state index contributed by atoms with van der Waals surface area (Å²) >= 11 is 0. The van der Waals surface area contributed by atoms with E-state index in [1.165, 1.54) is 129 Å². The summed E-state index contributed by atoms with van der Waals surface area (Å²) in [5.74, 6) is 2.21. The predicted octanol–water partition coefficient (Wildman–Crippen LogP) is 15.0. The van der Waals surface area contributed by atoms with Gasteiger partial charge in [0.2, 0.25) is 0 Å². The Morgan fingerprint density at radius 1 is 0.482 bits per heavy atom. The Morgan fingerprint density at radius 2 is 0.946 bits per heavy atom. The number of nitrogens with one attached hydrogen (secondary N) is 2. The standard InChI is InChI=1S/C53H57BN2/c1-4-6-8-10-14-47-39-50(35-29-42-26-32-45(33-27-42)44-30-20-40(3)21-31-44)48(15-11-9-7-5-2)38-49(47)34-28-41-22-24-43(25-23-41)36-37-54-55-51-18-12-16-46-17-13-19-52(56-54)53(46)51/h12-13,16-39,55-56H,4-11,14-15H2,1-3H3/b34-28+,35-29+,37-36+. The van der Waals surface area contributed by atoms with Crippen molar-refractivity contribution in [3.8, 4) is 11.1 Å². The van der Waals surface area contributed by atoms with Crippen LogP contribution < -0.4 is 10.5 Å². The SMILES string of the molecule is CCCCCCc1cc(/C=C/c2ccc(-c3ccc(C)cc3)cc2)c(CCCCCC)cc1/C=C/c1ccc(/C=C/B2Nc3cccc4cccc(c34)N2)cc1. The molecule has 1 aliphatic heterocycles. The van der Waals surface area contributed by atoms with Gasteiger partial charge in [-0.05, 0) is 100 Å². The summed E-state index contributed by atoms with van der Waals surface area (Å²) in [5.41, 5.74) is 15.4. The Kier molecular flexibility index (Phi) is 13.4. The Bertz CT molecular complexity index is 2240. The van der Waals surface area contributed by atoms with Crippen molar-refractivity contribution >= 4 is 59.5 Å².